The summed E-state index contributed by atoms with van der Waals surface area (Å²) in [4.78, 5) is 38.2. The number of hydrogen-bond donors (Lipinski definition) is 2. The van der Waals surface area contributed by atoms with Gasteiger partial charge in [0.05, 0.1) is 13.2 Å². The van der Waals surface area contributed by atoms with E-state index in [-0.39, 0.29) is 24.6 Å². The molecule has 0 fully saturated rings. The van der Waals surface area contributed by atoms with E-state index in [4.69, 9.17) is 14.6 Å². The SMILES string of the molecule is CCCCCCCCCOC(=O)CCCCCCCN(CCCCCCCC(=O)OC(CCCCCCCC)CCCCCCCC)CCCN(O)C(=O)O. The molecule has 0 aliphatic rings. The second kappa shape index (κ2) is 41.8. The van der Waals surface area contributed by atoms with E-state index in [9.17, 15) is 19.6 Å². The van der Waals surface area contributed by atoms with Gasteiger partial charge in [0.2, 0.25) is 0 Å². The second-order valence-electron chi connectivity index (χ2n) is 16.2. The summed E-state index contributed by atoms with van der Waals surface area (Å²) in [6.07, 6.45) is 36.3. The fraction of sp³-hybridized carbons (Fsp3) is 0.935. The highest BCUT2D eigenvalue weighted by Gasteiger charge is 2.15. The van der Waals surface area contributed by atoms with Crippen molar-refractivity contribution in [2.45, 2.75) is 245 Å². The third-order valence-electron chi connectivity index (χ3n) is 10.8. The summed E-state index contributed by atoms with van der Waals surface area (Å²) in [5.41, 5.74) is 0. The topological polar surface area (TPSA) is 117 Å². The molecule has 0 spiro atoms. The van der Waals surface area contributed by atoms with Crippen LogP contribution in [0, 0.1) is 0 Å². The molecule has 0 atom stereocenters. The van der Waals surface area contributed by atoms with Gasteiger partial charge < -0.3 is 19.5 Å². The number of unbranched alkanes of at least 4 members (excludes halogenated alkanes) is 24. The van der Waals surface area contributed by atoms with Crippen molar-refractivity contribution in [2.24, 2.45) is 0 Å². The Labute approximate surface area is 339 Å². The van der Waals surface area contributed by atoms with Crippen LogP contribution in [0.3, 0.4) is 0 Å². The first-order valence-corrected chi connectivity index (χ1v) is 23.6. The van der Waals surface area contributed by atoms with E-state index in [1.165, 1.54) is 96.3 Å². The number of ether oxygens (including phenoxy) is 2. The lowest BCUT2D eigenvalue weighted by molar-refractivity contribution is -0.150. The van der Waals surface area contributed by atoms with Crippen LogP contribution >= 0.6 is 0 Å². The minimum atomic E-state index is -1.32. The van der Waals surface area contributed by atoms with Crippen molar-refractivity contribution < 1.29 is 34.2 Å². The first-order chi connectivity index (χ1) is 26.8. The highest BCUT2D eigenvalue weighted by molar-refractivity contribution is 5.69. The molecule has 0 unspecified atom stereocenters. The Balaban J connectivity index is 4.31. The Kier molecular flexibility index (Phi) is 40.3. The molecule has 0 aromatic heterocycles. The van der Waals surface area contributed by atoms with Gasteiger partial charge >= 0.3 is 18.0 Å². The number of carbonyl (C=O) groups excluding carboxylic acids is 2. The minimum Gasteiger partial charge on any atom is -0.466 e. The molecule has 0 aliphatic carbocycles. The van der Waals surface area contributed by atoms with Crippen LogP contribution < -0.4 is 0 Å². The summed E-state index contributed by atoms with van der Waals surface area (Å²) in [6, 6.07) is 0. The van der Waals surface area contributed by atoms with Gasteiger partial charge in [0.15, 0.2) is 0 Å². The molecule has 0 rings (SSSR count). The molecule has 9 heteroatoms. The number of rotatable bonds is 43. The van der Waals surface area contributed by atoms with Gasteiger partial charge in [-0.3, -0.25) is 14.8 Å². The highest BCUT2D eigenvalue weighted by Crippen LogP contribution is 2.19. The standard InChI is InChI=1S/C46H90N2O7/c1-4-7-10-13-16-25-32-42-54-44(49)36-28-21-17-23-30-38-47(40-33-41-48(53)46(51)52)39-31-24-18-22-29-37-45(50)55-43(34-26-19-14-11-8-5-2)35-27-20-15-12-9-6-3/h43,53H,4-42H2,1-3H3,(H,51,52). The van der Waals surface area contributed by atoms with E-state index < -0.39 is 6.09 Å². The maximum absolute atomic E-state index is 12.8. The zero-order valence-corrected chi connectivity index (χ0v) is 36.5. The summed E-state index contributed by atoms with van der Waals surface area (Å²) in [5.74, 6) is -0.0891. The smallest absolute Gasteiger partial charge is 0.431 e. The van der Waals surface area contributed by atoms with Gasteiger partial charge in [0, 0.05) is 12.8 Å². The van der Waals surface area contributed by atoms with Gasteiger partial charge in [-0.2, -0.15) is 5.06 Å². The molecule has 0 heterocycles. The van der Waals surface area contributed by atoms with Crippen molar-refractivity contribution in [1.82, 2.24) is 9.96 Å². The third-order valence-corrected chi connectivity index (χ3v) is 10.8. The molecule has 55 heavy (non-hydrogen) atoms. The van der Waals surface area contributed by atoms with Crippen LogP contribution in [0.15, 0.2) is 0 Å². The lowest BCUT2D eigenvalue weighted by Crippen LogP contribution is -2.32. The van der Waals surface area contributed by atoms with Gasteiger partial charge in [-0.15, -0.1) is 0 Å². The molecule has 0 radical (unpaired) electrons. The lowest BCUT2D eigenvalue weighted by Gasteiger charge is -2.23. The summed E-state index contributed by atoms with van der Waals surface area (Å²) in [7, 11) is 0. The Bertz CT molecular complexity index is 842. The fourth-order valence-corrected chi connectivity index (χ4v) is 7.27. The van der Waals surface area contributed by atoms with Crippen LogP contribution in [0.2, 0.25) is 0 Å². The number of carboxylic acid groups (broad SMARTS) is 1. The first-order valence-electron chi connectivity index (χ1n) is 23.6. The monoisotopic (exact) mass is 783 g/mol. The second-order valence-corrected chi connectivity index (χ2v) is 16.2. The summed E-state index contributed by atoms with van der Waals surface area (Å²) < 4.78 is 11.4. The number of amides is 1. The van der Waals surface area contributed by atoms with Gasteiger partial charge in [0.25, 0.3) is 0 Å². The molecule has 0 aliphatic heterocycles. The molecule has 0 saturated carbocycles. The van der Waals surface area contributed by atoms with E-state index in [1.54, 1.807) is 0 Å². The number of nitrogens with zero attached hydrogens (tertiary/aromatic N) is 2. The van der Waals surface area contributed by atoms with E-state index in [1.807, 2.05) is 0 Å². The molecule has 0 aromatic carbocycles. The highest BCUT2D eigenvalue weighted by atomic mass is 16.6. The van der Waals surface area contributed by atoms with E-state index in [2.05, 4.69) is 25.7 Å². The van der Waals surface area contributed by atoms with Crippen molar-refractivity contribution in [1.29, 1.82) is 0 Å². The van der Waals surface area contributed by atoms with Crippen LogP contribution in [-0.2, 0) is 19.1 Å². The predicted octanol–water partition coefficient (Wildman–Crippen LogP) is 13.4. The van der Waals surface area contributed by atoms with Crippen molar-refractivity contribution in [2.75, 3.05) is 32.8 Å². The molecule has 0 aromatic rings. The van der Waals surface area contributed by atoms with Crippen LogP contribution in [0.4, 0.5) is 4.79 Å². The van der Waals surface area contributed by atoms with Gasteiger partial charge in [-0.05, 0) is 83.8 Å². The van der Waals surface area contributed by atoms with Crippen molar-refractivity contribution in [3.8, 4) is 0 Å². The average Bonchev–Trinajstić information content (AvgIpc) is 3.17. The Morgan fingerprint density at radius 3 is 1.31 bits per heavy atom. The van der Waals surface area contributed by atoms with Crippen LogP contribution in [0.5, 0.6) is 0 Å². The number of hydroxylamine groups is 2. The zero-order valence-electron chi connectivity index (χ0n) is 36.5. The van der Waals surface area contributed by atoms with E-state index in [0.717, 1.165) is 122 Å². The average molecular weight is 783 g/mol. The summed E-state index contributed by atoms with van der Waals surface area (Å²) in [5, 5.41) is 18.9. The Morgan fingerprint density at radius 2 is 0.836 bits per heavy atom. The molecule has 2 N–H and O–H groups in total. The molecule has 1 amide bonds. The van der Waals surface area contributed by atoms with Gasteiger partial charge in [0.1, 0.15) is 6.10 Å². The van der Waals surface area contributed by atoms with Crippen molar-refractivity contribution in [3.05, 3.63) is 0 Å². The number of carbonyl (C=O) groups is 3. The van der Waals surface area contributed by atoms with Crippen LogP contribution in [0.1, 0.15) is 239 Å². The van der Waals surface area contributed by atoms with Crippen LogP contribution in [-0.4, -0.2) is 77.2 Å². The van der Waals surface area contributed by atoms with E-state index in [0.29, 0.717) is 30.9 Å². The largest absolute Gasteiger partial charge is 0.466 e. The fourth-order valence-electron chi connectivity index (χ4n) is 7.27. The van der Waals surface area contributed by atoms with Gasteiger partial charge in [-0.25, -0.2) is 4.79 Å². The number of esters is 2. The maximum atomic E-state index is 12.8. The minimum absolute atomic E-state index is 0.0221. The molecule has 0 saturated heterocycles. The lowest BCUT2D eigenvalue weighted by atomic mass is 10.0. The zero-order chi connectivity index (χ0) is 40.5. The van der Waals surface area contributed by atoms with Crippen molar-refractivity contribution >= 4 is 18.0 Å². The Hall–Kier alpha value is -1.87. The normalized spacial score (nSPS) is 11.5. The van der Waals surface area contributed by atoms with Crippen molar-refractivity contribution in [3.63, 3.8) is 0 Å². The van der Waals surface area contributed by atoms with Crippen LogP contribution in [0.25, 0.3) is 0 Å². The number of hydrogen-bond acceptors (Lipinski definition) is 7. The Morgan fingerprint density at radius 1 is 0.455 bits per heavy atom. The molecular formula is C46H90N2O7. The maximum Gasteiger partial charge on any atom is 0.431 e. The summed E-state index contributed by atoms with van der Waals surface area (Å²) in [6.45, 7) is 10.0. The molecule has 9 nitrogen and oxygen atoms in total. The third kappa shape index (κ3) is 38.8. The quantitative estimate of drug-likeness (QED) is 0.0272. The molecule has 0 bridgehead atoms. The van der Waals surface area contributed by atoms with E-state index >= 15 is 0 Å². The summed E-state index contributed by atoms with van der Waals surface area (Å²) >= 11 is 0. The molecular weight excluding hydrogens is 693 g/mol. The predicted molar refractivity (Wildman–Crippen MR) is 228 cm³/mol. The van der Waals surface area contributed by atoms with Gasteiger partial charge in [-0.1, -0.05) is 162 Å². The first kappa shape index (κ1) is 53.1. The molecule has 326 valence electrons.